The quantitative estimate of drug-likeness (QED) is 0.486. The van der Waals surface area contributed by atoms with Crippen LogP contribution >= 0.6 is 0 Å². The third-order valence-electron chi connectivity index (χ3n) is 2.74. The minimum atomic E-state index is 0.360. The molecule has 0 atom stereocenters. The van der Waals surface area contributed by atoms with Gasteiger partial charge in [0.25, 0.3) is 0 Å². The second kappa shape index (κ2) is 7.59. The first-order valence-corrected chi connectivity index (χ1v) is 6.84. The Morgan fingerprint density at radius 2 is 2.15 bits per heavy atom. The van der Waals surface area contributed by atoms with E-state index < -0.39 is 0 Å². The molecule has 0 fully saturated rings. The maximum atomic E-state index is 5.81. The van der Waals surface area contributed by atoms with Gasteiger partial charge in [0.15, 0.2) is 17.5 Å². The molecule has 110 valence electrons. The van der Waals surface area contributed by atoms with Crippen molar-refractivity contribution in [2.45, 2.75) is 13.3 Å². The highest BCUT2D eigenvalue weighted by molar-refractivity contribution is 5.92. The van der Waals surface area contributed by atoms with Crippen LogP contribution in [-0.4, -0.2) is 38.9 Å². The van der Waals surface area contributed by atoms with Crippen LogP contribution < -0.4 is 20.5 Å². The summed E-state index contributed by atoms with van der Waals surface area (Å²) >= 11 is 0. The lowest BCUT2D eigenvalue weighted by Gasteiger charge is -2.10. The summed E-state index contributed by atoms with van der Waals surface area (Å²) in [4.78, 5) is 4.17. The van der Waals surface area contributed by atoms with Crippen LogP contribution in [0.15, 0.2) is 23.2 Å². The zero-order valence-corrected chi connectivity index (χ0v) is 11.7. The highest BCUT2D eigenvalue weighted by Gasteiger charge is 2.10. The molecule has 0 spiro atoms. The lowest BCUT2D eigenvalue weighted by molar-refractivity contribution is 0.156. The maximum absolute atomic E-state index is 5.81. The number of anilines is 1. The number of ether oxygens (including phenoxy) is 3. The first-order valence-electron chi connectivity index (χ1n) is 6.84. The summed E-state index contributed by atoms with van der Waals surface area (Å²) in [6.45, 7) is 5.08. The van der Waals surface area contributed by atoms with Crippen molar-refractivity contribution >= 4 is 11.6 Å². The molecule has 1 heterocycles. The molecule has 1 aliphatic rings. The Morgan fingerprint density at radius 3 is 2.95 bits per heavy atom. The molecule has 0 radical (unpaired) electrons. The average molecular weight is 279 g/mol. The number of aliphatic imine (C=N–C) groups is 1. The molecular weight excluding hydrogens is 258 g/mol. The molecule has 3 N–H and O–H groups in total. The van der Waals surface area contributed by atoms with Crippen LogP contribution in [0.2, 0.25) is 0 Å². The van der Waals surface area contributed by atoms with E-state index in [2.05, 4.69) is 10.3 Å². The molecule has 0 aliphatic carbocycles. The summed E-state index contributed by atoms with van der Waals surface area (Å²) in [6.07, 6.45) is 0.887. The number of rotatable bonds is 5. The lowest BCUT2D eigenvalue weighted by atomic mass is 10.3. The predicted molar refractivity (Wildman–Crippen MR) is 78.7 cm³/mol. The predicted octanol–water partition coefficient (Wildman–Crippen LogP) is 1.61. The highest BCUT2D eigenvalue weighted by atomic mass is 16.5. The van der Waals surface area contributed by atoms with Gasteiger partial charge in [-0.2, -0.15) is 0 Å². The SMILES string of the molecule is CCOCCN=C(N)Nc1ccc2c(c1)OCCCO2. The number of nitrogens with one attached hydrogen (secondary N) is 1. The Balaban J connectivity index is 1.94. The van der Waals surface area contributed by atoms with E-state index in [9.17, 15) is 0 Å². The first kappa shape index (κ1) is 14.5. The van der Waals surface area contributed by atoms with Crippen molar-refractivity contribution in [3.63, 3.8) is 0 Å². The van der Waals surface area contributed by atoms with Gasteiger partial charge in [-0.05, 0) is 19.1 Å². The normalized spacial score (nSPS) is 14.8. The molecule has 20 heavy (non-hydrogen) atoms. The molecule has 0 bridgehead atoms. The van der Waals surface area contributed by atoms with Crippen molar-refractivity contribution in [1.82, 2.24) is 0 Å². The summed E-state index contributed by atoms with van der Waals surface area (Å²) in [5.41, 5.74) is 6.63. The van der Waals surface area contributed by atoms with Crippen LogP contribution in [0.5, 0.6) is 11.5 Å². The average Bonchev–Trinajstić information content (AvgIpc) is 2.68. The van der Waals surface area contributed by atoms with Crippen molar-refractivity contribution in [2.24, 2.45) is 10.7 Å². The van der Waals surface area contributed by atoms with Gasteiger partial charge in [-0.25, -0.2) is 0 Å². The van der Waals surface area contributed by atoms with Gasteiger partial charge >= 0.3 is 0 Å². The third kappa shape index (κ3) is 4.31. The van der Waals surface area contributed by atoms with Crippen LogP contribution in [0, 0.1) is 0 Å². The zero-order chi connectivity index (χ0) is 14.2. The molecule has 2 rings (SSSR count). The Morgan fingerprint density at radius 1 is 1.35 bits per heavy atom. The van der Waals surface area contributed by atoms with E-state index in [4.69, 9.17) is 19.9 Å². The number of hydrogen-bond donors (Lipinski definition) is 2. The Hall–Kier alpha value is -1.95. The van der Waals surface area contributed by atoms with E-state index in [1.54, 1.807) is 0 Å². The summed E-state index contributed by atoms with van der Waals surface area (Å²) in [5.74, 6) is 1.86. The van der Waals surface area contributed by atoms with E-state index in [0.717, 1.165) is 23.6 Å². The molecule has 1 aromatic carbocycles. The fourth-order valence-electron chi connectivity index (χ4n) is 1.80. The standard InChI is InChI=1S/C14H21N3O3/c1-2-18-9-6-16-14(15)17-11-4-5-12-13(10-11)20-8-3-7-19-12/h4-5,10H,2-3,6-9H2,1H3,(H3,15,16,17). The van der Waals surface area contributed by atoms with E-state index in [-0.39, 0.29) is 0 Å². The minimum absolute atomic E-state index is 0.360. The van der Waals surface area contributed by atoms with Crippen LogP contribution in [-0.2, 0) is 4.74 Å². The maximum Gasteiger partial charge on any atom is 0.193 e. The van der Waals surface area contributed by atoms with Crippen molar-refractivity contribution < 1.29 is 14.2 Å². The van der Waals surface area contributed by atoms with Crippen molar-refractivity contribution in [3.8, 4) is 11.5 Å². The molecule has 1 aromatic rings. The molecule has 6 heteroatoms. The molecule has 0 saturated carbocycles. The largest absolute Gasteiger partial charge is 0.490 e. The Labute approximate surface area is 118 Å². The van der Waals surface area contributed by atoms with Crippen LogP contribution in [0.1, 0.15) is 13.3 Å². The van der Waals surface area contributed by atoms with Gasteiger partial charge in [0, 0.05) is 24.8 Å². The number of nitrogens with zero attached hydrogens (tertiary/aromatic N) is 1. The van der Waals surface area contributed by atoms with Gasteiger partial charge in [-0.3, -0.25) is 4.99 Å². The van der Waals surface area contributed by atoms with Gasteiger partial charge in [0.05, 0.1) is 26.4 Å². The van der Waals surface area contributed by atoms with Crippen molar-refractivity contribution in [1.29, 1.82) is 0 Å². The second-order valence-electron chi connectivity index (χ2n) is 4.30. The lowest BCUT2D eigenvalue weighted by Crippen LogP contribution is -2.23. The van der Waals surface area contributed by atoms with Crippen molar-refractivity contribution in [2.75, 3.05) is 38.3 Å². The number of fused-ring (bicyclic) bond motifs is 1. The second-order valence-corrected chi connectivity index (χ2v) is 4.30. The Kier molecular flexibility index (Phi) is 5.49. The molecule has 6 nitrogen and oxygen atoms in total. The first-order chi connectivity index (χ1) is 9.79. The van der Waals surface area contributed by atoms with Gasteiger partial charge < -0.3 is 25.3 Å². The van der Waals surface area contributed by atoms with Gasteiger partial charge in [-0.15, -0.1) is 0 Å². The van der Waals surface area contributed by atoms with Crippen LogP contribution in [0.4, 0.5) is 5.69 Å². The van der Waals surface area contributed by atoms with E-state index in [0.29, 0.717) is 38.9 Å². The van der Waals surface area contributed by atoms with Gasteiger partial charge in [0.2, 0.25) is 0 Å². The van der Waals surface area contributed by atoms with E-state index >= 15 is 0 Å². The molecular formula is C14H21N3O3. The fraction of sp³-hybridized carbons (Fsp3) is 0.500. The highest BCUT2D eigenvalue weighted by Crippen LogP contribution is 2.32. The van der Waals surface area contributed by atoms with Crippen LogP contribution in [0.25, 0.3) is 0 Å². The monoisotopic (exact) mass is 279 g/mol. The summed E-state index contributed by atoms with van der Waals surface area (Å²) < 4.78 is 16.4. The number of hydrogen-bond acceptors (Lipinski definition) is 4. The zero-order valence-electron chi connectivity index (χ0n) is 11.7. The molecule has 0 amide bonds. The number of guanidine groups is 1. The Bertz CT molecular complexity index is 463. The van der Waals surface area contributed by atoms with E-state index in [1.165, 1.54) is 0 Å². The van der Waals surface area contributed by atoms with Crippen LogP contribution in [0.3, 0.4) is 0 Å². The minimum Gasteiger partial charge on any atom is -0.490 e. The van der Waals surface area contributed by atoms with Gasteiger partial charge in [-0.1, -0.05) is 0 Å². The smallest absolute Gasteiger partial charge is 0.193 e. The molecule has 1 aliphatic heterocycles. The topological polar surface area (TPSA) is 78.1 Å². The fourth-order valence-corrected chi connectivity index (χ4v) is 1.80. The molecule has 0 aromatic heterocycles. The van der Waals surface area contributed by atoms with Crippen molar-refractivity contribution in [3.05, 3.63) is 18.2 Å². The van der Waals surface area contributed by atoms with Gasteiger partial charge in [0.1, 0.15) is 0 Å². The molecule has 0 unspecified atom stereocenters. The number of benzene rings is 1. The summed E-state index contributed by atoms with van der Waals surface area (Å²) in [6, 6.07) is 5.63. The summed E-state index contributed by atoms with van der Waals surface area (Å²) in [5, 5.41) is 3.03. The number of nitrogens with two attached hydrogens (primary N) is 1. The summed E-state index contributed by atoms with van der Waals surface area (Å²) in [7, 11) is 0. The third-order valence-corrected chi connectivity index (χ3v) is 2.74. The molecule has 0 saturated heterocycles. The van der Waals surface area contributed by atoms with E-state index in [1.807, 2.05) is 25.1 Å².